The van der Waals surface area contributed by atoms with Gasteiger partial charge in [-0.2, -0.15) is 5.26 Å². The third-order valence-electron chi connectivity index (χ3n) is 6.02. The van der Waals surface area contributed by atoms with Crippen molar-refractivity contribution < 1.29 is 0 Å². The molecule has 0 spiro atoms. The summed E-state index contributed by atoms with van der Waals surface area (Å²) in [4.78, 5) is 2.73. The van der Waals surface area contributed by atoms with Crippen LogP contribution in [0.4, 0.5) is 0 Å². The van der Waals surface area contributed by atoms with Gasteiger partial charge in [0.1, 0.15) is 0 Å². The molecule has 0 saturated carbocycles. The highest BCUT2D eigenvalue weighted by Crippen LogP contribution is 2.38. The Morgan fingerprint density at radius 3 is 2.29 bits per heavy atom. The molecule has 2 aromatic rings. The molecule has 1 aliphatic heterocycles. The van der Waals surface area contributed by atoms with E-state index < -0.39 is 0 Å². The van der Waals surface area contributed by atoms with Crippen molar-refractivity contribution in [1.82, 2.24) is 4.90 Å². The second-order valence-electron chi connectivity index (χ2n) is 9.35. The lowest BCUT2D eigenvalue weighted by Gasteiger charge is -2.48. The van der Waals surface area contributed by atoms with Crippen molar-refractivity contribution in [3.05, 3.63) is 71.3 Å². The van der Waals surface area contributed by atoms with Crippen molar-refractivity contribution in [3.63, 3.8) is 0 Å². The lowest BCUT2D eigenvalue weighted by Crippen LogP contribution is -2.52. The van der Waals surface area contributed by atoms with Crippen LogP contribution in [0.3, 0.4) is 0 Å². The molecule has 1 heterocycles. The van der Waals surface area contributed by atoms with Crippen LogP contribution < -0.4 is 0 Å². The normalized spacial score (nSPS) is 20.6. The van der Waals surface area contributed by atoms with Gasteiger partial charge in [0.05, 0.1) is 6.07 Å². The van der Waals surface area contributed by atoms with Gasteiger partial charge in [-0.3, -0.25) is 4.90 Å². The molecule has 1 fully saturated rings. The van der Waals surface area contributed by atoms with Gasteiger partial charge in [0.15, 0.2) is 0 Å². The number of hydrogen-bond acceptors (Lipinski definition) is 2. The van der Waals surface area contributed by atoms with Gasteiger partial charge in [0, 0.05) is 19.0 Å². The number of benzene rings is 2. The molecule has 2 heteroatoms. The van der Waals surface area contributed by atoms with Crippen molar-refractivity contribution in [1.29, 1.82) is 5.26 Å². The van der Waals surface area contributed by atoms with Gasteiger partial charge in [-0.25, -0.2) is 0 Å². The monoisotopic (exact) mass is 374 g/mol. The Morgan fingerprint density at radius 2 is 1.64 bits per heavy atom. The van der Waals surface area contributed by atoms with Crippen LogP contribution in [-0.4, -0.2) is 17.5 Å². The maximum absolute atomic E-state index is 8.78. The zero-order valence-electron chi connectivity index (χ0n) is 17.7. The van der Waals surface area contributed by atoms with Gasteiger partial charge in [-0.15, -0.1) is 0 Å². The van der Waals surface area contributed by atoms with E-state index in [0.717, 1.165) is 19.4 Å². The third-order valence-corrected chi connectivity index (χ3v) is 6.02. The summed E-state index contributed by atoms with van der Waals surface area (Å²) >= 11 is 0. The predicted molar refractivity (Wildman–Crippen MR) is 117 cm³/mol. The molecule has 0 aliphatic carbocycles. The Kier molecular flexibility index (Phi) is 6.92. The van der Waals surface area contributed by atoms with E-state index in [1.165, 1.54) is 36.1 Å². The Bertz CT molecular complexity index is 765. The minimum absolute atomic E-state index is 0.257. The molecule has 0 amide bonds. The topological polar surface area (TPSA) is 27.0 Å². The van der Waals surface area contributed by atoms with Crippen molar-refractivity contribution in [2.24, 2.45) is 11.3 Å². The van der Waals surface area contributed by atoms with Gasteiger partial charge >= 0.3 is 0 Å². The molecule has 1 aliphatic rings. The van der Waals surface area contributed by atoms with E-state index in [4.69, 9.17) is 5.26 Å². The van der Waals surface area contributed by atoms with E-state index in [9.17, 15) is 0 Å². The van der Waals surface area contributed by atoms with Gasteiger partial charge < -0.3 is 0 Å². The fourth-order valence-corrected chi connectivity index (χ4v) is 4.96. The highest BCUT2D eigenvalue weighted by atomic mass is 15.2. The quantitative estimate of drug-likeness (QED) is 0.619. The second-order valence-corrected chi connectivity index (χ2v) is 9.35. The van der Waals surface area contributed by atoms with Crippen LogP contribution >= 0.6 is 0 Å². The molecule has 0 bridgehead atoms. The van der Waals surface area contributed by atoms with Crippen LogP contribution in [0.5, 0.6) is 0 Å². The molecule has 1 saturated heterocycles. The fourth-order valence-electron chi connectivity index (χ4n) is 4.96. The number of nitrogens with zero attached hydrogens (tertiary/aromatic N) is 2. The molecular weight excluding hydrogens is 340 g/mol. The maximum Gasteiger partial charge on any atom is 0.0625 e. The summed E-state index contributed by atoms with van der Waals surface area (Å²) in [5.41, 5.74) is 4.37. The first-order valence-electron chi connectivity index (χ1n) is 10.7. The first-order chi connectivity index (χ1) is 13.5. The summed E-state index contributed by atoms with van der Waals surface area (Å²) in [7, 11) is 0. The van der Waals surface area contributed by atoms with Crippen LogP contribution in [0.25, 0.3) is 0 Å². The average Bonchev–Trinajstić information content (AvgIpc) is 2.67. The zero-order valence-corrected chi connectivity index (χ0v) is 17.7. The highest BCUT2D eigenvalue weighted by molar-refractivity contribution is 5.24. The molecular formula is C26H34N2. The van der Waals surface area contributed by atoms with E-state index >= 15 is 0 Å². The Labute approximate surface area is 171 Å². The smallest absolute Gasteiger partial charge is 0.0625 e. The lowest BCUT2D eigenvalue weighted by molar-refractivity contribution is 0.0113. The first kappa shape index (κ1) is 20.6. The van der Waals surface area contributed by atoms with Gasteiger partial charge in [0.2, 0.25) is 0 Å². The predicted octanol–water partition coefficient (Wildman–Crippen LogP) is 6.01. The SMILES string of the molecule is CC(C)(C)[C@@H]1[C@@H](Cc2ccc(CCC#N)cc2)CCCN1Cc1ccccc1. The molecule has 0 N–H and O–H groups in total. The van der Waals surface area contributed by atoms with E-state index in [-0.39, 0.29) is 5.41 Å². The molecule has 2 atom stereocenters. The minimum Gasteiger partial charge on any atom is -0.295 e. The average molecular weight is 375 g/mol. The highest BCUT2D eigenvalue weighted by Gasteiger charge is 2.39. The fraction of sp³-hybridized carbons (Fsp3) is 0.500. The van der Waals surface area contributed by atoms with Gasteiger partial charge in [-0.1, -0.05) is 75.4 Å². The molecule has 2 nitrogen and oxygen atoms in total. The summed E-state index contributed by atoms with van der Waals surface area (Å²) in [5.74, 6) is 0.683. The number of hydrogen-bond donors (Lipinski definition) is 0. The van der Waals surface area contributed by atoms with Crippen LogP contribution in [0.1, 0.15) is 56.7 Å². The number of likely N-dealkylation sites (tertiary alicyclic amines) is 1. The number of rotatable bonds is 6. The van der Waals surface area contributed by atoms with Crippen molar-refractivity contribution in [2.45, 2.75) is 65.5 Å². The largest absolute Gasteiger partial charge is 0.295 e. The molecule has 3 rings (SSSR count). The number of aryl methyl sites for hydroxylation is 1. The summed E-state index contributed by atoms with van der Waals surface area (Å²) in [6.07, 6.45) is 5.19. The third kappa shape index (κ3) is 5.46. The van der Waals surface area contributed by atoms with E-state index in [1.54, 1.807) is 0 Å². The van der Waals surface area contributed by atoms with Crippen LogP contribution in [0.15, 0.2) is 54.6 Å². The van der Waals surface area contributed by atoms with Crippen molar-refractivity contribution in [3.8, 4) is 6.07 Å². The van der Waals surface area contributed by atoms with Crippen LogP contribution in [0.2, 0.25) is 0 Å². The molecule has 148 valence electrons. The van der Waals surface area contributed by atoms with E-state index in [1.807, 2.05) is 0 Å². The zero-order chi connectivity index (χ0) is 20.0. The first-order valence-corrected chi connectivity index (χ1v) is 10.7. The maximum atomic E-state index is 8.78. The number of piperidine rings is 1. The Morgan fingerprint density at radius 1 is 0.964 bits per heavy atom. The number of nitriles is 1. The molecule has 0 aromatic heterocycles. The standard InChI is InChI=1S/C26H34N2/c1-26(2,3)25-24(19-22-15-13-21(14-16-22)11-7-17-27)12-8-18-28(25)20-23-9-5-4-6-10-23/h4-6,9-10,13-16,24-25H,7-8,11-12,18-20H2,1-3H3/t24-,25+/m1/s1. The summed E-state index contributed by atoms with van der Waals surface area (Å²) < 4.78 is 0. The Balaban J connectivity index is 1.74. The summed E-state index contributed by atoms with van der Waals surface area (Å²) in [6.45, 7) is 9.45. The van der Waals surface area contributed by atoms with Gasteiger partial charge in [0.25, 0.3) is 0 Å². The molecule has 28 heavy (non-hydrogen) atoms. The summed E-state index contributed by atoms with van der Waals surface area (Å²) in [6, 6.07) is 22.7. The molecule has 2 aromatic carbocycles. The van der Waals surface area contributed by atoms with Crippen LogP contribution in [0, 0.1) is 22.7 Å². The van der Waals surface area contributed by atoms with Crippen LogP contribution in [-0.2, 0) is 19.4 Å². The molecule has 0 radical (unpaired) electrons. The lowest BCUT2D eigenvalue weighted by atomic mass is 9.72. The van der Waals surface area contributed by atoms with E-state index in [2.05, 4.69) is 86.3 Å². The second kappa shape index (κ2) is 9.39. The van der Waals surface area contributed by atoms with Gasteiger partial charge in [-0.05, 0) is 60.3 Å². The van der Waals surface area contributed by atoms with E-state index in [0.29, 0.717) is 18.4 Å². The summed E-state index contributed by atoms with van der Waals surface area (Å²) in [5, 5.41) is 8.78. The Hall–Kier alpha value is -2.11. The van der Waals surface area contributed by atoms with Crippen molar-refractivity contribution in [2.75, 3.05) is 6.54 Å². The van der Waals surface area contributed by atoms with Crippen molar-refractivity contribution >= 4 is 0 Å². The minimum atomic E-state index is 0.257. The molecule has 0 unspecified atom stereocenters.